The van der Waals surface area contributed by atoms with Crippen molar-refractivity contribution < 1.29 is 13.0 Å². The molecule has 2 aromatic rings. The zero-order chi connectivity index (χ0) is 15.6. The summed E-state index contributed by atoms with van der Waals surface area (Å²) >= 11 is 0.0663. The molecule has 0 bridgehead atoms. The van der Waals surface area contributed by atoms with E-state index in [-0.39, 0.29) is 5.75 Å². The highest BCUT2D eigenvalue weighted by molar-refractivity contribution is 8.02. The van der Waals surface area contributed by atoms with Gasteiger partial charge in [0.15, 0.2) is 14.7 Å². The molecule has 0 radical (unpaired) electrons. The second-order valence-electron chi connectivity index (χ2n) is 5.15. The molecule has 1 fully saturated rings. The summed E-state index contributed by atoms with van der Waals surface area (Å²) in [7, 11) is -3.10. The predicted octanol–water partition coefficient (Wildman–Crippen LogP) is 3.47. The molecule has 2 unspecified atom stereocenters. The van der Waals surface area contributed by atoms with Crippen molar-refractivity contribution in [3.63, 3.8) is 0 Å². The zero-order valence-corrected chi connectivity index (χ0v) is 14.3. The molecule has 1 aromatic carbocycles. The highest BCUT2D eigenvalue weighted by Crippen LogP contribution is 2.33. The minimum Gasteiger partial charge on any atom is -0.606 e. The van der Waals surface area contributed by atoms with Crippen molar-refractivity contribution in [2.24, 2.45) is 0 Å². The van der Waals surface area contributed by atoms with Crippen molar-refractivity contribution in [3.8, 4) is 0 Å². The fourth-order valence-electron chi connectivity index (χ4n) is 2.52. The quantitative estimate of drug-likeness (QED) is 0.792. The Morgan fingerprint density at radius 2 is 2.00 bits per heavy atom. The summed E-state index contributed by atoms with van der Waals surface area (Å²) in [5.41, 5.74) is 0.816. The summed E-state index contributed by atoms with van der Waals surface area (Å²) < 4.78 is 37.8. The van der Waals surface area contributed by atoms with Crippen LogP contribution in [0.1, 0.15) is 18.4 Å². The Labute approximate surface area is 137 Å². The Morgan fingerprint density at radius 3 is 2.59 bits per heavy atom. The number of benzene rings is 1. The number of rotatable bonds is 4. The van der Waals surface area contributed by atoms with Gasteiger partial charge in [0.2, 0.25) is 4.21 Å². The van der Waals surface area contributed by atoms with Gasteiger partial charge in [-0.05, 0) is 42.5 Å². The van der Waals surface area contributed by atoms with Crippen LogP contribution in [-0.4, -0.2) is 24.0 Å². The average Bonchev–Trinajstić information content (AvgIpc) is 3.15. The van der Waals surface area contributed by atoms with Gasteiger partial charge in [-0.1, -0.05) is 29.5 Å². The molecular weight excluding hydrogens is 336 g/mol. The average molecular weight is 353 g/mol. The maximum Gasteiger partial charge on any atom is 0.212 e. The van der Waals surface area contributed by atoms with Crippen molar-refractivity contribution in [2.45, 2.75) is 22.3 Å². The first kappa shape index (κ1) is 15.8. The van der Waals surface area contributed by atoms with Gasteiger partial charge in [0.1, 0.15) is 0 Å². The molecule has 1 aromatic heterocycles. The Hall–Kier alpha value is -1.08. The van der Waals surface area contributed by atoms with E-state index in [1.165, 1.54) is 11.3 Å². The van der Waals surface area contributed by atoms with Crippen LogP contribution >= 0.6 is 11.3 Å². The van der Waals surface area contributed by atoms with Gasteiger partial charge in [0.25, 0.3) is 0 Å². The number of hydrogen-bond donors (Lipinski definition) is 0. The first-order valence-corrected chi connectivity index (χ1v) is 10.8. The molecule has 1 saturated heterocycles. The van der Waals surface area contributed by atoms with Gasteiger partial charge in [0.05, 0.1) is 11.0 Å². The van der Waals surface area contributed by atoms with Gasteiger partial charge >= 0.3 is 0 Å². The summed E-state index contributed by atoms with van der Waals surface area (Å²) in [6, 6.07) is 13.1. The lowest BCUT2D eigenvalue weighted by molar-refractivity contribution is 0.597. The van der Waals surface area contributed by atoms with Crippen molar-refractivity contribution in [3.05, 3.63) is 59.5 Å². The zero-order valence-electron chi connectivity index (χ0n) is 11.8. The third-order valence-corrected chi connectivity index (χ3v) is 8.48. The van der Waals surface area contributed by atoms with Crippen LogP contribution in [0.25, 0.3) is 4.91 Å². The third-order valence-electron chi connectivity index (χ3n) is 3.65. The molecule has 0 N–H and O–H groups in total. The summed E-state index contributed by atoms with van der Waals surface area (Å²) in [4.78, 5) is 0.596. The molecule has 0 saturated carbocycles. The number of thiophene rings is 1. The van der Waals surface area contributed by atoms with E-state index in [1.54, 1.807) is 6.08 Å². The standard InChI is InChI=1S/C16H16O3S3/c17-21(16-9-4-10-20-16)15(13-6-2-1-3-7-13)12-14-8-5-11-22(14,18)19/h1-4,6-7,9-10,12,14H,5,8,11H2. The Morgan fingerprint density at radius 1 is 1.23 bits per heavy atom. The van der Waals surface area contributed by atoms with E-state index >= 15 is 0 Å². The first-order valence-electron chi connectivity index (χ1n) is 7.02. The van der Waals surface area contributed by atoms with E-state index in [2.05, 4.69) is 0 Å². The van der Waals surface area contributed by atoms with Gasteiger partial charge in [0, 0.05) is 22.8 Å². The van der Waals surface area contributed by atoms with Gasteiger partial charge < -0.3 is 4.55 Å². The van der Waals surface area contributed by atoms with E-state index < -0.39 is 26.3 Å². The normalized spacial score (nSPS) is 22.6. The monoisotopic (exact) mass is 352 g/mol. The van der Waals surface area contributed by atoms with Gasteiger partial charge in [-0.3, -0.25) is 0 Å². The maximum absolute atomic E-state index is 12.9. The van der Waals surface area contributed by atoms with Crippen LogP contribution in [0.2, 0.25) is 0 Å². The third kappa shape index (κ3) is 3.30. The Bertz CT molecular complexity index is 749. The molecule has 0 amide bonds. The van der Waals surface area contributed by atoms with Crippen molar-refractivity contribution in [2.75, 3.05) is 5.75 Å². The van der Waals surface area contributed by atoms with E-state index in [1.807, 2.05) is 47.8 Å². The topological polar surface area (TPSA) is 57.2 Å². The summed E-state index contributed by atoms with van der Waals surface area (Å²) in [5.74, 6) is 0.224. The second kappa shape index (κ2) is 6.58. The minimum atomic E-state index is -3.10. The minimum absolute atomic E-state index is 0.224. The van der Waals surface area contributed by atoms with Crippen molar-refractivity contribution >= 4 is 37.3 Å². The molecule has 2 heterocycles. The van der Waals surface area contributed by atoms with Crippen LogP contribution in [0.15, 0.2) is 58.1 Å². The van der Waals surface area contributed by atoms with Crippen LogP contribution in [-0.2, 0) is 21.0 Å². The molecule has 116 valence electrons. The molecule has 0 aliphatic carbocycles. The SMILES string of the molecule is O=S1(=O)CCCC1C=C(c1ccccc1)[S+]([O-])c1cccs1. The van der Waals surface area contributed by atoms with Crippen molar-refractivity contribution in [1.82, 2.24) is 0 Å². The summed E-state index contributed by atoms with van der Waals surface area (Å²) in [5, 5.41) is 1.36. The predicted molar refractivity (Wildman–Crippen MR) is 92.0 cm³/mol. The highest BCUT2D eigenvalue weighted by Gasteiger charge is 2.32. The van der Waals surface area contributed by atoms with E-state index in [4.69, 9.17) is 0 Å². The van der Waals surface area contributed by atoms with Gasteiger partial charge in [-0.2, -0.15) is 0 Å². The molecule has 2 atom stereocenters. The highest BCUT2D eigenvalue weighted by atomic mass is 32.2. The van der Waals surface area contributed by atoms with Crippen LogP contribution in [0, 0.1) is 0 Å². The van der Waals surface area contributed by atoms with Crippen LogP contribution in [0.3, 0.4) is 0 Å². The Balaban J connectivity index is 2.04. The largest absolute Gasteiger partial charge is 0.606 e. The lowest BCUT2D eigenvalue weighted by Crippen LogP contribution is -2.15. The first-order chi connectivity index (χ1) is 10.6. The molecule has 0 spiro atoms. The summed E-state index contributed by atoms with van der Waals surface area (Å²) in [6.45, 7) is 0. The number of hydrogen-bond acceptors (Lipinski definition) is 4. The molecular formula is C16H16O3S3. The molecule has 22 heavy (non-hydrogen) atoms. The lowest BCUT2D eigenvalue weighted by Gasteiger charge is -2.14. The maximum atomic E-state index is 12.9. The van der Waals surface area contributed by atoms with Crippen LogP contribution < -0.4 is 0 Å². The smallest absolute Gasteiger partial charge is 0.212 e. The Kier molecular flexibility index (Phi) is 4.73. The fourth-order valence-corrected chi connectivity index (χ4v) is 6.64. The molecule has 6 heteroatoms. The fraction of sp³-hybridized carbons (Fsp3) is 0.250. The summed E-state index contributed by atoms with van der Waals surface area (Å²) in [6.07, 6.45) is 2.99. The molecule has 1 aliphatic heterocycles. The van der Waals surface area contributed by atoms with E-state index in [9.17, 15) is 13.0 Å². The van der Waals surface area contributed by atoms with Crippen LogP contribution in [0.5, 0.6) is 0 Å². The van der Waals surface area contributed by atoms with E-state index in [0.717, 1.165) is 9.77 Å². The number of sulfone groups is 1. The molecule has 3 rings (SSSR count). The van der Waals surface area contributed by atoms with Gasteiger partial charge in [-0.25, -0.2) is 8.42 Å². The molecule has 3 nitrogen and oxygen atoms in total. The molecule has 1 aliphatic rings. The lowest BCUT2D eigenvalue weighted by atomic mass is 10.1. The van der Waals surface area contributed by atoms with Gasteiger partial charge in [-0.15, -0.1) is 0 Å². The van der Waals surface area contributed by atoms with Crippen LogP contribution in [0.4, 0.5) is 0 Å². The van der Waals surface area contributed by atoms with E-state index in [0.29, 0.717) is 17.7 Å². The second-order valence-corrected chi connectivity index (χ2v) is 10.1. The van der Waals surface area contributed by atoms with Crippen molar-refractivity contribution in [1.29, 1.82) is 0 Å².